The molecule has 16 heavy (non-hydrogen) atoms. The summed E-state index contributed by atoms with van der Waals surface area (Å²) in [4.78, 5) is 14.2. The summed E-state index contributed by atoms with van der Waals surface area (Å²) in [5.41, 5.74) is 1.55. The molecule has 1 amide bonds. The first-order valence-corrected chi connectivity index (χ1v) is 6.41. The van der Waals surface area contributed by atoms with Crippen molar-refractivity contribution in [3.05, 3.63) is 16.6 Å². The van der Waals surface area contributed by atoms with Gasteiger partial charge in [-0.15, -0.1) is 0 Å². The highest BCUT2D eigenvalue weighted by molar-refractivity contribution is 7.03. The SMILES string of the molecule is Cc1nscc1C(=O)NC1CCN(C)CC1. The number of rotatable bonds is 2. The van der Waals surface area contributed by atoms with E-state index in [0.29, 0.717) is 6.04 Å². The van der Waals surface area contributed by atoms with Crippen molar-refractivity contribution in [2.24, 2.45) is 0 Å². The highest BCUT2D eigenvalue weighted by Gasteiger charge is 2.20. The zero-order chi connectivity index (χ0) is 11.5. The molecule has 1 N–H and O–H groups in total. The Bertz CT molecular complexity index is 369. The van der Waals surface area contributed by atoms with Gasteiger partial charge in [0.15, 0.2) is 0 Å². The van der Waals surface area contributed by atoms with Gasteiger partial charge in [0.05, 0.1) is 11.3 Å². The highest BCUT2D eigenvalue weighted by Crippen LogP contribution is 2.12. The molecule has 4 nitrogen and oxygen atoms in total. The molecule has 0 unspecified atom stereocenters. The fourth-order valence-electron chi connectivity index (χ4n) is 1.93. The fourth-order valence-corrected chi connectivity index (χ4v) is 2.62. The van der Waals surface area contributed by atoms with Crippen molar-refractivity contribution in [3.63, 3.8) is 0 Å². The summed E-state index contributed by atoms with van der Waals surface area (Å²) in [6.07, 6.45) is 2.08. The van der Waals surface area contributed by atoms with Gasteiger partial charge in [0, 0.05) is 11.4 Å². The fraction of sp³-hybridized carbons (Fsp3) is 0.636. The largest absolute Gasteiger partial charge is 0.349 e. The summed E-state index contributed by atoms with van der Waals surface area (Å²) < 4.78 is 4.12. The summed E-state index contributed by atoms with van der Waals surface area (Å²) in [6.45, 7) is 4.00. The summed E-state index contributed by atoms with van der Waals surface area (Å²) in [5.74, 6) is 0.0285. The molecule has 5 heteroatoms. The molecule has 0 saturated carbocycles. The van der Waals surface area contributed by atoms with Crippen molar-refractivity contribution in [2.75, 3.05) is 20.1 Å². The predicted octanol–water partition coefficient (Wildman–Crippen LogP) is 1.28. The van der Waals surface area contributed by atoms with Crippen LogP contribution in [0.3, 0.4) is 0 Å². The minimum absolute atomic E-state index is 0.0285. The van der Waals surface area contributed by atoms with Gasteiger partial charge in [-0.3, -0.25) is 4.79 Å². The van der Waals surface area contributed by atoms with Crippen LogP contribution in [0.1, 0.15) is 28.9 Å². The third kappa shape index (κ3) is 2.59. The van der Waals surface area contributed by atoms with E-state index in [1.165, 1.54) is 11.5 Å². The molecule has 88 valence electrons. The number of hydrogen-bond donors (Lipinski definition) is 1. The Morgan fingerprint density at radius 3 is 2.81 bits per heavy atom. The smallest absolute Gasteiger partial charge is 0.254 e. The molecule has 0 spiro atoms. The molecule has 0 atom stereocenters. The van der Waals surface area contributed by atoms with Gasteiger partial charge >= 0.3 is 0 Å². The van der Waals surface area contributed by atoms with Gasteiger partial charge < -0.3 is 10.2 Å². The molecule has 1 aliphatic heterocycles. The molecule has 1 aliphatic rings. The van der Waals surface area contributed by atoms with Crippen molar-refractivity contribution >= 4 is 17.4 Å². The van der Waals surface area contributed by atoms with Gasteiger partial charge in [0.2, 0.25) is 0 Å². The van der Waals surface area contributed by atoms with Crippen LogP contribution in [0.5, 0.6) is 0 Å². The summed E-state index contributed by atoms with van der Waals surface area (Å²) in [5, 5.41) is 4.90. The molecule has 1 saturated heterocycles. The second-order valence-electron chi connectivity index (χ2n) is 4.36. The Kier molecular flexibility index (Phi) is 3.56. The van der Waals surface area contributed by atoms with Crippen LogP contribution in [0.25, 0.3) is 0 Å². The Labute approximate surface area is 99.8 Å². The first-order chi connectivity index (χ1) is 7.66. The van der Waals surface area contributed by atoms with E-state index in [1.54, 1.807) is 0 Å². The predicted molar refractivity (Wildman–Crippen MR) is 64.8 cm³/mol. The molecular formula is C11H17N3OS. The highest BCUT2D eigenvalue weighted by atomic mass is 32.1. The molecule has 2 heterocycles. The van der Waals surface area contributed by atoms with Crippen LogP contribution in [-0.2, 0) is 0 Å². The van der Waals surface area contributed by atoms with Crippen LogP contribution >= 0.6 is 11.5 Å². The number of nitrogens with one attached hydrogen (secondary N) is 1. The molecule has 2 rings (SSSR count). The van der Waals surface area contributed by atoms with Gasteiger partial charge in [-0.1, -0.05) is 0 Å². The Morgan fingerprint density at radius 1 is 1.56 bits per heavy atom. The maximum atomic E-state index is 11.9. The number of piperidine rings is 1. The molecule has 0 radical (unpaired) electrons. The monoisotopic (exact) mass is 239 g/mol. The van der Waals surface area contributed by atoms with Crippen molar-refractivity contribution in [3.8, 4) is 0 Å². The summed E-state index contributed by atoms with van der Waals surface area (Å²) in [7, 11) is 2.12. The van der Waals surface area contributed by atoms with E-state index < -0.39 is 0 Å². The van der Waals surface area contributed by atoms with E-state index in [1.807, 2.05) is 12.3 Å². The topological polar surface area (TPSA) is 45.2 Å². The average Bonchev–Trinajstić information content (AvgIpc) is 2.68. The summed E-state index contributed by atoms with van der Waals surface area (Å²) >= 11 is 1.34. The second kappa shape index (κ2) is 4.93. The molecule has 1 aromatic heterocycles. The van der Waals surface area contributed by atoms with Crippen molar-refractivity contribution < 1.29 is 4.79 Å². The number of nitrogens with zero attached hydrogens (tertiary/aromatic N) is 2. The van der Waals surface area contributed by atoms with E-state index in [2.05, 4.69) is 21.6 Å². The van der Waals surface area contributed by atoms with E-state index in [4.69, 9.17) is 0 Å². The maximum absolute atomic E-state index is 11.9. The molecule has 1 aromatic rings. The number of carbonyl (C=O) groups is 1. The average molecular weight is 239 g/mol. The zero-order valence-electron chi connectivity index (χ0n) is 9.69. The van der Waals surface area contributed by atoms with Crippen LogP contribution in [0.4, 0.5) is 0 Å². The van der Waals surface area contributed by atoms with Crippen molar-refractivity contribution in [1.29, 1.82) is 0 Å². The van der Waals surface area contributed by atoms with Crippen LogP contribution in [0.15, 0.2) is 5.38 Å². The van der Waals surface area contributed by atoms with E-state index >= 15 is 0 Å². The number of hydrogen-bond acceptors (Lipinski definition) is 4. The normalized spacial score (nSPS) is 18.6. The number of amides is 1. The van der Waals surface area contributed by atoms with E-state index in [9.17, 15) is 4.79 Å². The zero-order valence-corrected chi connectivity index (χ0v) is 10.5. The van der Waals surface area contributed by atoms with Gasteiger partial charge in [-0.05, 0) is 51.4 Å². The second-order valence-corrected chi connectivity index (χ2v) is 4.99. The first-order valence-electron chi connectivity index (χ1n) is 5.57. The van der Waals surface area contributed by atoms with E-state index in [-0.39, 0.29) is 5.91 Å². The van der Waals surface area contributed by atoms with Crippen molar-refractivity contribution in [2.45, 2.75) is 25.8 Å². The van der Waals surface area contributed by atoms with Gasteiger partial charge in [-0.25, -0.2) is 0 Å². The van der Waals surface area contributed by atoms with Crippen LogP contribution in [-0.4, -0.2) is 41.4 Å². The Balaban J connectivity index is 1.91. The standard InChI is InChI=1S/C11H17N3OS/c1-8-10(7-16-13-8)11(15)12-9-3-5-14(2)6-4-9/h7,9H,3-6H2,1-2H3,(H,12,15). The first kappa shape index (κ1) is 11.5. The third-order valence-electron chi connectivity index (χ3n) is 3.05. The number of carbonyl (C=O) groups excluding carboxylic acids is 1. The summed E-state index contributed by atoms with van der Waals surface area (Å²) in [6, 6.07) is 0.322. The third-order valence-corrected chi connectivity index (χ3v) is 3.77. The Morgan fingerprint density at radius 2 is 2.25 bits per heavy atom. The molecule has 0 bridgehead atoms. The number of aromatic nitrogens is 1. The lowest BCUT2D eigenvalue weighted by Gasteiger charge is -2.29. The van der Waals surface area contributed by atoms with Crippen LogP contribution in [0, 0.1) is 6.92 Å². The lowest BCUT2D eigenvalue weighted by atomic mass is 10.1. The quantitative estimate of drug-likeness (QED) is 0.845. The Hall–Kier alpha value is -0.940. The lowest BCUT2D eigenvalue weighted by molar-refractivity contribution is 0.0916. The molecule has 0 aliphatic carbocycles. The molecule has 0 aromatic carbocycles. The maximum Gasteiger partial charge on any atom is 0.254 e. The number of aryl methyl sites for hydroxylation is 1. The van der Waals surface area contributed by atoms with Crippen LogP contribution < -0.4 is 5.32 Å². The minimum Gasteiger partial charge on any atom is -0.349 e. The minimum atomic E-state index is 0.0285. The van der Waals surface area contributed by atoms with Gasteiger partial charge in [0.25, 0.3) is 5.91 Å². The van der Waals surface area contributed by atoms with Crippen LogP contribution in [0.2, 0.25) is 0 Å². The number of likely N-dealkylation sites (tertiary alicyclic amines) is 1. The molecular weight excluding hydrogens is 222 g/mol. The van der Waals surface area contributed by atoms with Crippen molar-refractivity contribution in [1.82, 2.24) is 14.6 Å². The van der Waals surface area contributed by atoms with Gasteiger partial charge in [-0.2, -0.15) is 4.37 Å². The van der Waals surface area contributed by atoms with Gasteiger partial charge in [0.1, 0.15) is 0 Å². The molecule has 1 fully saturated rings. The van der Waals surface area contributed by atoms with E-state index in [0.717, 1.165) is 37.2 Å². The lowest BCUT2D eigenvalue weighted by Crippen LogP contribution is -2.43.